The molecule has 0 radical (unpaired) electrons. The fourth-order valence-electron chi connectivity index (χ4n) is 1.79. The predicted molar refractivity (Wildman–Crippen MR) is 76.1 cm³/mol. The Balaban J connectivity index is 3.13. The van der Waals surface area contributed by atoms with Crippen LogP contribution in [0.3, 0.4) is 0 Å². The number of esters is 1. The molecule has 1 rings (SSSR count). The van der Waals surface area contributed by atoms with E-state index in [-0.39, 0.29) is 30.4 Å². The third kappa shape index (κ3) is 3.98. The molecular weight excluding hydrogens is 280 g/mol. The van der Waals surface area contributed by atoms with Crippen LogP contribution in [0.25, 0.3) is 0 Å². The van der Waals surface area contributed by atoms with Crippen LogP contribution in [-0.4, -0.2) is 45.8 Å². The molecule has 0 spiro atoms. The van der Waals surface area contributed by atoms with Gasteiger partial charge in [-0.2, -0.15) is 0 Å². The Morgan fingerprint density at radius 2 is 1.81 bits per heavy atom. The first-order valence-corrected chi connectivity index (χ1v) is 6.13. The molecule has 0 aliphatic carbocycles. The monoisotopic (exact) mass is 298 g/mol. The van der Waals surface area contributed by atoms with Gasteiger partial charge in [-0.05, 0) is 0 Å². The molecule has 8 heteroatoms. The van der Waals surface area contributed by atoms with E-state index < -0.39 is 4.92 Å². The van der Waals surface area contributed by atoms with E-state index in [0.717, 1.165) is 0 Å². The van der Waals surface area contributed by atoms with Gasteiger partial charge in [-0.1, -0.05) is 0 Å². The van der Waals surface area contributed by atoms with Gasteiger partial charge in [0.1, 0.15) is 5.69 Å². The fraction of sp³-hybridized carbons (Fsp3) is 0.462. The Labute approximate surface area is 122 Å². The minimum absolute atomic E-state index is 0.124. The molecule has 0 atom stereocenters. The van der Waals surface area contributed by atoms with Gasteiger partial charge in [0.2, 0.25) is 0 Å². The van der Waals surface area contributed by atoms with Crippen molar-refractivity contribution in [1.82, 2.24) is 0 Å². The molecule has 1 aromatic rings. The molecule has 0 saturated heterocycles. The zero-order valence-electron chi connectivity index (χ0n) is 12.4. The summed E-state index contributed by atoms with van der Waals surface area (Å²) in [6.07, 6.45) is 0.124. The van der Waals surface area contributed by atoms with E-state index in [0.29, 0.717) is 11.4 Å². The number of carbonyl (C=O) groups is 1. The Kier molecular flexibility index (Phi) is 5.77. The average Bonchev–Trinajstić information content (AvgIpc) is 2.50. The molecule has 0 aromatic heterocycles. The van der Waals surface area contributed by atoms with Gasteiger partial charge in [0, 0.05) is 19.7 Å². The number of methoxy groups -OCH3 is 3. The molecule has 8 nitrogen and oxygen atoms in total. The van der Waals surface area contributed by atoms with Crippen LogP contribution in [0.15, 0.2) is 12.1 Å². The predicted octanol–water partition coefficient (Wildman–Crippen LogP) is 1.61. The first kappa shape index (κ1) is 16.5. The van der Waals surface area contributed by atoms with Crippen LogP contribution in [0, 0.1) is 10.1 Å². The number of ether oxygens (including phenoxy) is 3. The molecule has 0 heterocycles. The van der Waals surface area contributed by atoms with E-state index in [1.807, 2.05) is 0 Å². The van der Waals surface area contributed by atoms with Gasteiger partial charge in [0.15, 0.2) is 11.5 Å². The van der Waals surface area contributed by atoms with E-state index in [4.69, 9.17) is 9.47 Å². The Hall–Kier alpha value is -2.51. The number of benzene rings is 1. The number of nitro benzene ring substituents is 1. The minimum Gasteiger partial charge on any atom is -0.493 e. The minimum atomic E-state index is -0.508. The summed E-state index contributed by atoms with van der Waals surface area (Å²) >= 11 is 0. The summed E-state index contributed by atoms with van der Waals surface area (Å²) in [6, 6.07) is 2.80. The van der Waals surface area contributed by atoms with Crippen molar-refractivity contribution in [3.8, 4) is 11.5 Å². The van der Waals surface area contributed by atoms with Gasteiger partial charge in [-0.25, -0.2) is 0 Å². The van der Waals surface area contributed by atoms with Gasteiger partial charge >= 0.3 is 5.97 Å². The molecule has 0 aliphatic rings. The molecule has 0 unspecified atom stereocenters. The van der Waals surface area contributed by atoms with Gasteiger partial charge in [0.25, 0.3) is 5.69 Å². The zero-order chi connectivity index (χ0) is 16.0. The first-order valence-electron chi connectivity index (χ1n) is 6.13. The van der Waals surface area contributed by atoms with Crippen molar-refractivity contribution in [2.75, 3.05) is 39.8 Å². The Morgan fingerprint density at radius 3 is 2.29 bits per heavy atom. The van der Waals surface area contributed by atoms with Crippen LogP contribution in [0.5, 0.6) is 11.5 Å². The number of rotatable bonds is 7. The number of nitrogens with zero attached hydrogens (tertiary/aromatic N) is 2. The standard InChI is InChI=1S/C13H18N2O6/c1-14(6-5-13(16)21-4)9-7-11(19-2)12(20-3)8-10(9)15(17)18/h7-8H,5-6H2,1-4H3. The number of anilines is 1. The maximum atomic E-state index is 11.2. The van der Waals surface area contributed by atoms with Crippen LogP contribution in [0.1, 0.15) is 6.42 Å². The van der Waals surface area contributed by atoms with E-state index in [1.54, 1.807) is 11.9 Å². The van der Waals surface area contributed by atoms with Gasteiger partial charge in [0.05, 0.1) is 38.7 Å². The van der Waals surface area contributed by atoms with E-state index in [2.05, 4.69) is 4.74 Å². The topological polar surface area (TPSA) is 91.1 Å². The lowest BCUT2D eigenvalue weighted by atomic mass is 10.2. The normalized spacial score (nSPS) is 9.90. The van der Waals surface area contributed by atoms with Crippen molar-refractivity contribution in [2.45, 2.75) is 6.42 Å². The molecule has 21 heavy (non-hydrogen) atoms. The quantitative estimate of drug-likeness (QED) is 0.429. The maximum Gasteiger partial charge on any atom is 0.307 e. The van der Waals surface area contributed by atoms with Gasteiger partial charge in [-0.15, -0.1) is 0 Å². The highest BCUT2D eigenvalue weighted by Gasteiger charge is 2.22. The summed E-state index contributed by atoms with van der Waals surface area (Å²) in [5.74, 6) is 0.266. The molecule has 0 aliphatic heterocycles. The molecule has 1 aromatic carbocycles. The number of hydrogen-bond acceptors (Lipinski definition) is 7. The van der Waals surface area contributed by atoms with Crippen molar-refractivity contribution in [1.29, 1.82) is 0 Å². The highest BCUT2D eigenvalue weighted by Crippen LogP contribution is 2.39. The maximum absolute atomic E-state index is 11.2. The van der Waals surface area contributed by atoms with E-state index in [9.17, 15) is 14.9 Å². The number of hydrogen-bond donors (Lipinski definition) is 0. The van der Waals surface area contributed by atoms with Crippen LogP contribution in [0.4, 0.5) is 11.4 Å². The van der Waals surface area contributed by atoms with E-state index in [1.165, 1.54) is 33.5 Å². The second-order valence-corrected chi connectivity index (χ2v) is 4.20. The zero-order valence-corrected chi connectivity index (χ0v) is 12.4. The van der Waals surface area contributed by atoms with Gasteiger partial charge in [-0.3, -0.25) is 14.9 Å². The largest absolute Gasteiger partial charge is 0.493 e. The van der Waals surface area contributed by atoms with Crippen LogP contribution in [0.2, 0.25) is 0 Å². The van der Waals surface area contributed by atoms with Crippen molar-refractivity contribution < 1.29 is 23.9 Å². The van der Waals surface area contributed by atoms with Gasteiger partial charge < -0.3 is 19.1 Å². The lowest BCUT2D eigenvalue weighted by Gasteiger charge is -2.20. The highest BCUT2D eigenvalue weighted by molar-refractivity contribution is 5.72. The van der Waals surface area contributed by atoms with Crippen LogP contribution in [-0.2, 0) is 9.53 Å². The molecular formula is C13H18N2O6. The Bertz CT molecular complexity index is 532. The average molecular weight is 298 g/mol. The molecule has 0 saturated carbocycles. The van der Waals surface area contributed by atoms with Crippen LogP contribution >= 0.6 is 0 Å². The molecule has 0 bridgehead atoms. The van der Waals surface area contributed by atoms with E-state index >= 15 is 0 Å². The fourth-order valence-corrected chi connectivity index (χ4v) is 1.79. The smallest absolute Gasteiger partial charge is 0.307 e. The van der Waals surface area contributed by atoms with Crippen molar-refractivity contribution >= 4 is 17.3 Å². The summed E-state index contributed by atoms with van der Waals surface area (Å²) in [7, 11) is 5.79. The third-order valence-electron chi connectivity index (χ3n) is 2.97. The number of carbonyl (C=O) groups excluding carboxylic acids is 1. The molecule has 0 N–H and O–H groups in total. The van der Waals surface area contributed by atoms with Crippen LogP contribution < -0.4 is 14.4 Å². The summed E-state index contributed by atoms with van der Waals surface area (Å²) in [4.78, 5) is 23.4. The molecule has 0 fully saturated rings. The molecule has 116 valence electrons. The SMILES string of the molecule is COC(=O)CCN(C)c1cc(OC)c(OC)cc1[N+](=O)[O-]. The lowest BCUT2D eigenvalue weighted by Crippen LogP contribution is -2.22. The third-order valence-corrected chi connectivity index (χ3v) is 2.97. The molecule has 0 amide bonds. The second-order valence-electron chi connectivity index (χ2n) is 4.20. The lowest BCUT2D eigenvalue weighted by molar-refractivity contribution is -0.384. The van der Waals surface area contributed by atoms with Crippen molar-refractivity contribution in [3.05, 3.63) is 22.2 Å². The second kappa shape index (κ2) is 7.32. The Morgan fingerprint density at radius 1 is 1.24 bits per heavy atom. The first-order chi connectivity index (χ1) is 9.94. The number of nitro groups is 1. The summed E-state index contributed by atoms with van der Waals surface area (Å²) in [6.45, 7) is 0.281. The summed E-state index contributed by atoms with van der Waals surface area (Å²) in [5, 5.41) is 11.2. The van der Waals surface area contributed by atoms with Crippen molar-refractivity contribution in [2.24, 2.45) is 0 Å². The summed E-state index contributed by atoms with van der Waals surface area (Å²) < 4.78 is 14.7. The summed E-state index contributed by atoms with van der Waals surface area (Å²) in [5.41, 5.74) is 0.210. The van der Waals surface area contributed by atoms with Crippen molar-refractivity contribution in [3.63, 3.8) is 0 Å². The highest BCUT2D eigenvalue weighted by atomic mass is 16.6.